The SMILES string of the molecule is CCN(CC)C1=C(S(=O)(=O)NCc2cccs2)C(=O)c2ccccc2C1=O. The van der Waals surface area contributed by atoms with Crippen molar-refractivity contribution in [2.24, 2.45) is 0 Å². The summed E-state index contributed by atoms with van der Waals surface area (Å²) in [5.74, 6) is -1.09. The van der Waals surface area contributed by atoms with E-state index in [9.17, 15) is 18.0 Å². The van der Waals surface area contributed by atoms with Gasteiger partial charge in [-0.15, -0.1) is 11.3 Å². The van der Waals surface area contributed by atoms with Crippen molar-refractivity contribution in [2.75, 3.05) is 13.1 Å². The van der Waals surface area contributed by atoms with Gasteiger partial charge in [0, 0.05) is 35.6 Å². The Morgan fingerprint density at radius 3 is 2.15 bits per heavy atom. The number of likely N-dealkylation sites (N-methyl/N-ethyl adjacent to an activating group) is 1. The minimum Gasteiger partial charge on any atom is -0.368 e. The molecule has 1 aliphatic rings. The second-order valence-electron chi connectivity index (χ2n) is 5.96. The lowest BCUT2D eigenvalue weighted by Gasteiger charge is -2.29. The normalized spacial score (nSPS) is 14.4. The first kappa shape index (κ1) is 19.5. The Morgan fingerprint density at radius 2 is 1.59 bits per heavy atom. The summed E-state index contributed by atoms with van der Waals surface area (Å²) < 4.78 is 28.5. The number of ketones is 2. The van der Waals surface area contributed by atoms with E-state index in [1.807, 2.05) is 25.3 Å². The quantitative estimate of drug-likeness (QED) is 0.767. The number of fused-ring (bicyclic) bond motifs is 1. The number of nitrogens with zero attached hydrogens (tertiary/aromatic N) is 1. The Hall–Kier alpha value is -2.29. The Balaban J connectivity index is 2.12. The van der Waals surface area contributed by atoms with Crippen molar-refractivity contribution in [1.29, 1.82) is 0 Å². The van der Waals surface area contributed by atoms with Crippen LogP contribution in [0.3, 0.4) is 0 Å². The van der Waals surface area contributed by atoms with Crippen LogP contribution in [0.2, 0.25) is 0 Å². The van der Waals surface area contributed by atoms with Gasteiger partial charge in [-0.2, -0.15) is 0 Å². The number of sulfonamides is 1. The molecule has 1 heterocycles. The van der Waals surface area contributed by atoms with Crippen molar-refractivity contribution in [1.82, 2.24) is 9.62 Å². The molecule has 3 rings (SSSR count). The van der Waals surface area contributed by atoms with Crippen molar-refractivity contribution >= 4 is 32.9 Å². The lowest BCUT2D eigenvalue weighted by molar-refractivity contribution is 0.0949. The van der Waals surface area contributed by atoms with Gasteiger partial charge in [0.25, 0.3) is 0 Å². The number of carbonyl (C=O) groups is 2. The molecule has 1 aromatic heterocycles. The fraction of sp³-hybridized carbons (Fsp3) is 0.263. The summed E-state index contributed by atoms with van der Waals surface area (Å²) in [6.07, 6.45) is 0. The molecular formula is C19H20N2O4S2. The molecular weight excluding hydrogens is 384 g/mol. The smallest absolute Gasteiger partial charge is 0.247 e. The van der Waals surface area contributed by atoms with E-state index in [2.05, 4.69) is 4.72 Å². The van der Waals surface area contributed by atoms with Crippen LogP contribution in [-0.4, -0.2) is 38.0 Å². The Morgan fingerprint density at radius 1 is 0.963 bits per heavy atom. The topological polar surface area (TPSA) is 83.6 Å². The van der Waals surface area contributed by atoms with Crippen LogP contribution in [-0.2, 0) is 16.6 Å². The molecule has 0 radical (unpaired) electrons. The summed E-state index contributed by atoms with van der Waals surface area (Å²) in [7, 11) is -4.17. The van der Waals surface area contributed by atoms with Crippen molar-refractivity contribution in [3.05, 3.63) is 68.4 Å². The molecule has 0 amide bonds. The van der Waals surface area contributed by atoms with E-state index in [4.69, 9.17) is 0 Å². The summed E-state index contributed by atoms with van der Waals surface area (Å²) in [4.78, 5) is 28.1. The highest BCUT2D eigenvalue weighted by molar-refractivity contribution is 7.94. The number of nitrogens with one attached hydrogen (secondary N) is 1. The summed E-state index contributed by atoms with van der Waals surface area (Å²) in [6, 6.07) is 9.95. The van der Waals surface area contributed by atoms with Crippen LogP contribution in [0.5, 0.6) is 0 Å². The summed E-state index contributed by atoms with van der Waals surface area (Å²) in [6.45, 7) is 4.53. The predicted molar refractivity (Wildman–Crippen MR) is 105 cm³/mol. The van der Waals surface area contributed by atoms with Gasteiger partial charge in [0.05, 0.1) is 0 Å². The molecule has 0 aliphatic heterocycles. The van der Waals surface area contributed by atoms with E-state index in [1.165, 1.54) is 17.4 Å². The van der Waals surface area contributed by atoms with Gasteiger partial charge in [0.2, 0.25) is 21.6 Å². The van der Waals surface area contributed by atoms with E-state index in [0.717, 1.165) is 4.88 Å². The largest absolute Gasteiger partial charge is 0.368 e. The van der Waals surface area contributed by atoms with Crippen molar-refractivity contribution in [3.8, 4) is 0 Å². The van der Waals surface area contributed by atoms with Crippen LogP contribution >= 0.6 is 11.3 Å². The standard InChI is InChI=1S/C19H20N2O4S2/c1-3-21(4-2)16-17(22)14-9-5-6-10-15(14)18(23)19(16)27(24,25)20-12-13-8-7-11-26-13/h5-11,20H,3-4,12H2,1-2H3. The zero-order valence-corrected chi connectivity index (χ0v) is 16.7. The van der Waals surface area contributed by atoms with Crippen molar-refractivity contribution < 1.29 is 18.0 Å². The van der Waals surface area contributed by atoms with Crippen LogP contribution in [0.4, 0.5) is 0 Å². The van der Waals surface area contributed by atoms with Gasteiger partial charge >= 0.3 is 0 Å². The molecule has 0 saturated carbocycles. The molecule has 2 aromatic rings. The third-order valence-corrected chi connectivity index (χ3v) is 6.73. The first-order chi connectivity index (χ1) is 12.9. The number of hydrogen-bond acceptors (Lipinski definition) is 6. The molecule has 0 fully saturated rings. The first-order valence-corrected chi connectivity index (χ1v) is 11.0. The highest BCUT2D eigenvalue weighted by Gasteiger charge is 2.40. The van der Waals surface area contributed by atoms with Crippen LogP contribution in [0.25, 0.3) is 0 Å². The molecule has 1 aliphatic carbocycles. The van der Waals surface area contributed by atoms with Crippen LogP contribution in [0.15, 0.2) is 52.4 Å². The fourth-order valence-corrected chi connectivity index (χ4v) is 5.12. The number of thiophene rings is 1. The zero-order valence-electron chi connectivity index (χ0n) is 15.1. The van der Waals surface area contributed by atoms with Crippen LogP contribution < -0.4 is 4.72 Å². The Bertz CT molecular complexity index is 1000. The van der Waals surface area contributed by atoms with Gasteiger partial charge in [-0.3, -0.25) is 9.59 Å². The lowest BCUT2D eigenvalue weighted by Crippen LogP contribution is -2.39. The van der Waals surface area contributed by atoms with E-state index < -0.39 is 26.5 Å². The van der Waals surface area contributed by atoms with Gasteiger partial charge in [0.15, 0.2) is 4.91 Å². The monoisotopic (exact) mass is 404 g/mol. The average Bonchev–Trinajstić information content (AvgIpc) is 3.18. The maximum Gasteiger partial charge on any atom is 0.247 e. The van der Waals surface area contributed by atoms with Gasteiger partial charge < -0.3 is 4.90 Å². The number of hydrogen-bond donors (Lipinski definition) is 1. The van der Waals surface area contributed by atoms with E-state index in [-0.39, 0.29) is 23.4 Å². The zero-order chi connectivity index (χ0) is 19.6. The highest BCUT2D eigenvalue weighted by atomic mass is 32.2. The lowest BCUT2D eigenvalue weighted by atomic mass is 9.92. The first-order valence-electron chi connectivity index (χ1n) is 8.60. The number of carbonyl (C=O) groups excluding carboxylic acids is 2. The Labute approximate surface area is 162 Å². The highest BCUT2D eigenvalue weighted by Crippen LogP contribution is 2.31. The minimum absolute atomic E-state index is 0.0534. The van der Waals surface area contributed by atoms with Crippen LogP contribution in [0.1, 0.15) is 39.4 Å². The molecule has 142 valence electrons. The molecule has 6 nitrogen and oxygen atoms in total. The second kappa shape index (κ2) is 7.75. The second-order valence-corrected chi connectivity index (χ2v) is 8.69. The van der Waals surface area contributed by atoms with Gasteiger partial charge in [-0.05, 0) is 25.3 Å². The van der Waals surface area contributed by atoms with Crippen molar-refractivity contribution in [2.45, 2.75) is 20.4 Å². The number of Topliss-reactive ketones (excluding diaryl/α,β-unsaturated/α-hetero) is 2. The van der Waals surface area contributed by atoms with Gasteiger partial charge in [0.1, 0.15) is 5.70 Å². The van der Waals surface area contributed by atoms with E-state index in [0.29, 0.717) is 13.1 Å². The molecule has 0 saturated heterocycles. The van der Waals surface area contributed by atoms with Gasteiger partial charge in [-0.25, -0.2) is 13.1 Å². The summed E-state index contributed by atoms with van der Waals surface area (Å²) in [5, 5.41) is 1.84. The molecule has 0 unspecified atom stereocenters. The predicted octanol–water partition coefficient (Wildman–Crippen LogP) is 2.80. The third kappa shape index (κ3) is 3.60. The number of allylic oxidation sites excluding steroid dienone is 2. The van der Waals surface area contributed by atoms with Gasteiger partial charge in [-0.1, -0.05) is 30.3 Å². The molecule has 27 heavy (non-hydrogen) atoms. The fourth-order valence-electron chi connectivity index (χ4n) is 3.07. The summed E-state index contributed by atoms with van der Waals surface area (Å²) >= 11 is 1.41. The third-order valence-electron chi connectivity index (χ3n) is 4.42. The molecule has 1 aromatic carbocycles. The molecule has 1 N–H and O–H groups in total. The molecule has 8 heteroatoms. The average molecular weight is 405 g/mol. The number of rotatable bonds is 7. The van der Waals surface area contributed by atoms with E-state index >= 15 is 0 Å². The molecule has 0 bridgehead atoms. The minimum atomic E-state index is -4.17. The molecule has 0 spiro atoms. The maximum absolute atomic E-state index is 13.1. The molecule has 0 atom stereocenters. The number of benzene rings is 1. The van der Waals surface area contributed by atoms with E-state index in [1.54, 1.807) is 29.2 Å². The van der Waals surface area contributed by atoms with Crippen molar-refractivity contribution in [3.63, 3.8) is 0 Å². The maximum atomic E-state index is 13.1. The Kier molecular flexibility index (Phi) is 5.59. The summed E-state index contributed by atoms with van der Waals surface area (Å²) in [5.41, 5.74) is 0.305. The van der Waals surface area contributed by atoms with Crippen LogP contribution in [0, 0.1) is 0 Å².